The van der Waals surface area contributed by atoms with Crippen LogP contribution < -0.4 is 0 Å². The maximum Gasteiger partial charge on any atom is 0.254 e. The van der Waals surface area contributed by atoms with E-state index in [9.17, 15) is 14.3 Å². The summed E-state index contributed by atoms with van der Waals surface area (Å²) in [6, 6.07) is 15.4. The van der Waals surface area contributed by atoms with Crippen molar-refractivity contribution in [3.8, 4) is 11.3 Å². The zero-order chi connectivity index (χ0) is 17.8. The molecule has 0 unspecified atom stereocenters. The first kappa shape index (κ1) is 17.0. The third kappa shape index (κ3) is 3.51. The summed E-state index contributed by atoms with van der Waals surface area (Å²) in [6.07, 6.45) is 0. The van der Waals surface area contributed by atoms with Crippen molar-refractivity contribution in [2.24, 2.45) is 0 Å². The number of aliphatic hydroxyl groups excluding tert-OH is 1. The van der Waals surface area contributed by atoms with Gasteiger partial charge in [0.15, 0.2) is 0 Å². The van der Waals surface area contributed by atoms with Crippen molar-refractivity contribution in [3.05, 3.63) is 66.0 Å². The zero-order valence-electron chi connectivity index (χ0n) is 13.9. The van der Waals surface area contributed by atoms with Crippen LogP contribution in [0.2, 0.25) is 0 Å². The van der Waals surface area contributed by atoms with Crippen molar-refractivity contribution in [2.75, 3.05) is 19.7 Å². The highest BCUT2D eigenvalue weighted by Crippen LogP contribution is 2.26. The number of rotatable bonds is 5. The van der Waals surface area contributed by atoms with Gasteiger partial charge < -0.3 is 10.0 Å². The molecule has 0 radical (unpaired) electrons. The van der Waals surface area contributed by atoms with E-state index in [0.29, 0.717) is 28.7 Å². The molecule has 0 fully saturated rings. The number of amides is 1. The summed E-state index contributed by atoms with van der Waals surface area (Å²) < 4.78 is 13.7. The van der Waals surface area contributed by atoms with E-state index in [1.807, 2.05) is 37.3 Å². The molecule has 1 aromatic heterocycles. The number of aliphatic hydroxyl groups is 1. The van der Waals surface area contributed by atoms with E-state index in [2.05, 4.69) is 4.98 Å². The molecule has 3 rings (SSSR count). The van der Waals surface area contributed by atoms with Crippen LogP contribution in [-0.4, -0.2) is 40.6 Å². The number of hydrogen-bond acceptors (Lipinski definition) is 3. The van der Waals surface area contributed by atoms with Gasteiger partial charge in [0.25, 0.3) is 5.91 Å². The first-order valence-electron chi connectivity index (χ1n) is 8.20. The van der Waals surface area contributed by atoms with Gasteiger partial charge in [-0.15, -0.1) is 0 Å². The van der Waals surface area contributed by atoms with Gasteiger partial charge in [0.05, 0.1) is 23.4 Å². The lowest BCUT2D eigenvalue weighted by Crippen LogP contribution is -2.33. The van der Waals surface area contributed by atoms with Crippen LogP contribution in [0.5, 0.6) is 0 Å². The molecular weight excluding hydrogens is 319 g/mol. The smallest absolute Gasteiger partial charge is 0.254 e. The lowest BCUT2D eigenvalue weighted by molar-refractivity contribution is 0.0734. The topological polar surface area (TPSA) is 53.4 Å². The quantitative estimate of drug-likeness (QED) is 0.775. The highest BCUT2D eigenvalue weighted by atomic mass is 19.1. The Morgan fingerprint density at radius 2 is 1.92 bits per heavy atom. The Balaban J connectivity index is 2.20. The van der Waals surface area contributed by atoms with Crippen molar-refractivity contribution in [1.29, 1.82) is 0 Å². The SMILES string of the molecule is CCN(CCO)C(=O)c1cc(-c2ccccc2)nc2cc(F)ccc12. The number of halogens is 1. The molecule has 4 nitrogen and oxygen atoms in total. The molecule has 0 bridgehead atoms. The monoisotopic (exact) mass is 338 g/mol. The Kier molecular flexibility index (Phi) is 5.05. The molecule has 5 heteroatoms. The molecule has 1 N–H and O–H groups in total. The van der Waals surface area contributed by atoms with E-state index in [0.717, 1.165) is 5.56 Å². The lowest BCUT2D eigenvalue weighted by Gasteiger charge is -2.21. The van der Waals surface area contributed by atoms with Crippen LogP contribution in [0.4, 0.5) is 4.39 Å². The van der Waals surface area contributed by atoms with E-state index < -0.39 is 5.82 Å². The van der Waals surface area contributed by atoms with Gasteiger partial charge in [-0.1, -0.05) is 30.3 Å². The Morgan fingerprint density at radius 3 is 2.60 bits per heavy atom. The molecule has 2 aromatic carbocycles. The van der Waals surface area contributed by atoms with E-state index >= 15 is 0 Å². The Morgan fingerprint density at radius 1 is 1.16 bits per heavy atom. The van der Waals surface area contributed by atoms with E-state index in [4.69, 9.17) is 0 Å². The Bertz CT molecular complexity index is 897. The summed E-state index contributed by atoms with van der Waals surface area (Å²) >= 11 is 0. The number of aromatic nitrogens is 1. The molecule has 0 aliphatic rings. The molecular formula is C20H19FN2O2. The predicted octanol–water partition coefficient (Wildman–Crippen LogP) is 3.50. The van der Waals surface area contributed by atoms with Crippen LogP contribution in [-0.2, 0) is 0 Å². The number of carbonyl (C=O) groups excluding carboxylic acids is 1. The van der Waals surface area contributed by atoms with Gasteiger partial charge >= 0.3 is 0 Å². The fourth-order valence-electron chi connectivity index (χ4n) is 2.83. The Labute approximate surface area is 145 Å². The van der Waals surface area contributed by atoms with Gasteiger partial charge in [0.1, 0.15) is 5.82 Å². The maximum atomic E-state index is 13.7. The molecule has 0 aliphatic carbocycles. The third-order valence-corrected chi connectivity index (χ3v) is 4.11. The van der Waals surface area contributed by atoms with Crippen LogP contribution in [0.15, 0.2) is 54.6 Å². The van der Waals surface area contributed by atoms with E-state index in [-0.39, 0.29) is 19.1 Å². The van der Waals surface area contributed by atoms with Crippen LogP contribution in [0.1, 0.15) is 17.3 Å². The van der Waals surface area contributed by atoms with Crippen molar-refractivity contribution in [1.82, 2.24) is 9.88 Å². The molecule has 0 atom stereocenters. The molecule has 0 saturated heterocycles. The average molecular weight is 338 g/mol. The van der Waals surface area contributed by atoms with Gasteiger partial charge in [-0.05, 0) is 25.1 Å². The van der Waals surface area contributed by atoms with Crippen LogP contribution in [0, 0.1) is 5.82 Å². The second-order valence-corrected chi connectivity index (χ2v) is 5.69. The maximum absolute atomic E-state index is 13.7. The fourth-order valence-corrected chi connectivity index (χ4v) is 2.83. The van der Waals surface area contributed by atoms with Gasteiger partial charge in [0.2, 0.25) is 0 Å². The van der Waals surface area contributed by atoms with Crippen molar-refractivity contribution in [3.63, 3.8) is 0 Å². The van der Waals surface area contributed by atoms with Gasteiger partial charge in [-0.25, -0.2) is 9.37 Å². The first-order chi connectivity index (χ1) is 12.1. The molecule has 128 valence electrons. The zero-order valence-corrected chi connectivity index (χ0v) is 13.9. The van der Waals surface area contributed by atoms with E-state index in [1.54, 1.807) is 17.0 Å². The van der Waals surface area contributed by atoms with Crippen molar-refractivity contribution >= 4 is 16.8 Å². The summed E-state index contributed by atoms with van der Waals surface area (Å²) in [7, 11) is 0. The molecule has 1 amide bonds. The minimum atomic E-state index is -0.397. The van der Waals surface area contributed by atoms with E-state index in [1.165, 1.54) is 12.1 Å². The molecule has 0 aliphatic heterocycles. The number of pyridine rings is 1. The Hall–Kier alpha value is -2.79. The number of benzene rings is 2. The number of likely N-dealkylation sites (N-methyl/N-ethyl adjacent to an activating group) is 1. The summed E-state index contributed by atoms with van der Waals surface area (Å²) in [5.41, 5.74) is 2.36. The average Bonchev–Trinajstić information content (AvgIpc) is 2.65. The predicted molar refractivity (Wildman–Crippen MR) is 95.8 cm³/mol. The second kappa shape index (κ2) is 7.40. The highest BCUT2D eigenvalue weighted by Gasteiger charge is 2.19. The number of carbonyl (C=O) groups is 1. The molecule has 0 saturated carbocycles. The molecule has 0 spiro atoms. The minimum Gasteiger partial charge on any atom is -0.395 e. The summed E-state index contributed by atoms with van der Waals surface area (Å²) in [5.74, 6) is -0.598. The van der Waals surface area contributed by atoms with Crippen LogP contribution in [0.3, 0.4) is 0 Å². The fraction of sp³-hybridized carbons (Fsp3) is 0.200. The van der Waals surface area contributed by atoms with Crippen molar-refractivity contribution in [2.45, 2.75) is 6.92 Å². The summed E-state index contributed by atoms with van der Waals surface area (Å²) in [5, 5.41) is 9.79. The second-order valence-electron chi connectivity index (χ2n) is 5.69. The molecule has 3 aromatic rings. The largest absolute Gasteiger partial charge is 0.395 e. The highest BCUT2D eigenvalue weighted by molar-refractivity contribution is 6.07. The number of nitrogens with zero attached hydrogens (tertiary/aromatic N) is 2. The van der Waals surface area contributed by atoms with Gasteiger partial charge in [-0.2, -0.15) is 0 Å². The first-order valence-corrected chi connectivity index (χ1v) is 8.20. The molecule has 1 heterocycles. The van der Waals surface area contributed by atoms with Gasteiger partial charge in [-0.3, -0.25) is 4.79 Å². The third-order valence-electron chi connectivity index (χ3n) is 4.11. The van der Waals surface area contributed by atoms with Crippen LogP contribution >= 0.6 is 0 Å². The lowest BCUT2D eigenvalue weighted by atomic mass is 10.0. The van der Waals surface area contributed by atoms with Crippen molar-refractivity contribution < 1.29 is 14.3 Å². The van der Waals surface area contributed by atoms with Crippen LogP contribution in [0.25, 0.3) is 22.2 Å². The number of fused-ring (bicyclic) bond motifs is 1. The summed E-state index contributed by atoms with van der Waals surface area (Å²) in [4.78, 5) is 19.0. The normalized spacial score (nSPS) is 10.8. The molecule has 25 heavy (non-hydrogen) atoms. The van der Waals surface area contributed by atoms with Gasteiger partial charge in [0, 0.05) is 30.1 Å². The summed E-state index contributed by atoms with van der Waals surface area (Å²) in [6.45, 7) is 2.48. The number of hydrogen-bond donors (Lipinski definition) is 1. The minimum absolute atomic E-state index is 0.108. The standard InChI is InChI=1S/C20H19FN2O2/c1-2-23(10-11-24)20(25)17-13-18(14-6-4-3-5-7-14)22-19-12-15(21)8-9-16(17)19/h3-9,12-13,24H,2,10-11H2,1H3.